The van der Waals surface area contributed by atoms with Crippen molar-refractivity contribution in [3.05, 3.63) is 30.0 Å². The Bertz CT molecular complexity index is 622. The van der Waals surface area contributed by atoms with Gasteiger partial charge in [-0.3, -0.25) is 4.79 Å². The van der Waals surface area contributed by atoms with Crippen molar-refractivity contribution in [2.45, 2.75) is 31.5 Å². The van der Waals surface area contributed by atoms with E-state index in [1.54, 1.807) is 33.7 Å². The number of fused-ring (bicyclic) bond motifs is 1. The van der Waals surface area contributed by atoms with Gasteiger partial charge in [-0.1, -0.05) is 6.07 Å². The number of allylic oxidation sites excluding steroid dienone is 1. The number of Topliss-reactive ketones (excluding diaryl/α,β-unsaturated/α-hetero) is 1. The van der Waals surface area contributed by atoms with E-state index >= 15 is 0 Å². The minimum absolute atomic E-state index is 0.0786. The monoisotopic (exact) mass is 318 g/mol. The summed E-state index contributed by atoms with van der Waals surface area (Å²) < 4.78 is 21.8. The fraction of sp³-hybridized carbons (Fsp3) is 0.500. The molecule has 3 atom stereocenters. The van der Waals surface area contributed by atoms with Gasteiger partial charge < -0.3 is 18.9 Å². The first-order chi connectivity index (χ1) is 11.2. The number of hydrogen-bond acceptors (Lipinski definition) is 5. The van der Waals surface area contributed by atoms with Crippen molar-refractivity contribution < 1.29 is 23.7 Å². The highest BCUT2D eigenvalue weighted by Gasteiger charge is 2.40. The zero-order valence-corrected chi connectivity index (χ0v) is 13.7. The number of ketones is 1. The van der Waals surface area contributed by atoms with Crippen LogP contribution in [0.4, 0.5) is 0 Å². The molecule has 1 fully saturated rings. The Kier molecular flexibility index (Phi) is 4.57. The molecule has 3 rings (SSSR count). The Morgan fingerprint density at radius 3 is 2.57 bits per heavy atom. The van der Waals surface area contributed by atoms with Crippen LogP contribution in [0.1, 0.15) is 24.8 Å². The van der Waals surface area contributed by atoms with Gasteiger partial charge in [-0.25, -0.2) is 0 Å². The molecule has 1 saturated carbocycles. The molecule has 1 heterocycles. The molecule has 0 spiro atoms. The Hall–Kier alpha value is -2.01. The molecule has 5 heteroatoms. The highest BCUT2D eigenvalue weighted by molar-refractivity contribution is 6.22. The SMILES string of the molecule is COc1ccc(C2=COC3CC(OC)CCC3C2=O)cc1OC. The van der Waals surface area contributed by atoms with E-state index in [-0.39, 0.29) is 23.9 Å². The molecule has 0 N–H and O–H groups in total. The van der Waals surface area contributed by atoms with Crippen LogP contribution in [0.3, 0.4) is 0 Å². The van der Waals surface area contributed by atoms with Crippen LogP contribution in [0.2, 0.25) is 0 Å². The van der Waals surface area contributed by atoms with E-state index in [9.17, 15) is 4.79 Å². The fourth-order valence-electron chi connectivity index (χ4n) is 3.38. The second kappa shape index (κ2) is 6.62. The Morgan fingerprint density at radius 2 is 1.87 bits per heavy atom. The van der Waals surface area contributed by atoms with Crippen molar-refractivity contribution in [2.24, 2.45) is 5.92 Å². The first-order valence-electron chi connectivity index (χ1n) is 7.83. The quantitative estimate of drug-likeness (QED) is 0.854. The number of benzene rings is 1. The molecule has 0 radical (unpaired) electrons. The number of hydrogen-bond donors (Lipinski definition) is 0. The van der Waals surface area contributed by atoms with Crippen LogP contribution >= 0.6 is 0 Å². The second-order valence-corrected chi connectivity index (χ2v) is 5.92. The Balaban J connectivity index is 1.87. The smallest absolute Gasteiger partial charge is 0.173 e. The Labute approximate surface area is 136 Å². The summed E-state index contributed by atoms with van der Waals surface area (Å²) in [6, 6.07) is 5.47. The molecule has 124 valence electrons. The third-order valence-corrected chi connectivity index (χ3v) is 4.73. The van der Waals surface area contributed by atoms with Crippen LogP contribution in [0.15, 0.2) is 24.5 Å². The maximum absolute atomic E-state index is 12.8. The molecule has 3 unspecified atom stereocenters. The van der Waals surface area contributed by atoms with Crippen molar-refractivity contribution in [1.82, 2.24) is 0 Å². The third-order valence-electron chi connectivity index (χ3n) is 4.73. The molecule has 1 aromatic rings. The van der Waals surface area contributed by atoms with Crippen molar-refractivity contribution in [2.75, 3.05) is 21.3 Å². The number of ether oxygens (including phenoxy) is 4. The maximum Gasteiger partial charge on any atom is 0.173 e. The molecule has 1 aromatic carbocycles. The molecule has 0 bridgehead atoms. The average molecular weight is 318 g/mol. The van der Waals surface area contributed by atoms with Gasteiger partial charge in [-0.05, 0) is 30.5 Å². The average Bonchev–Trinajstić information content (AvgIpc) is 2.61. The number of carbonyl (C=O) groups is 1. The summed E-state index contributed by atoms with van der Waals surface area (Å²) in [6.07, 6.45) is 4.15. The lowest BCUT2D eigenvalue weighted by molar-refractivity contribution is -0.127. The largest absolute Gasteiger partial charge is 0.496 e. The molecule has 0 saturated heterocycles. The summed E-state index contributed by atoms with van der Waals surface area (Å²) in [6.45, 7) is 0. The fourth-order valence-corrected chi connectivity index (χ4v) is 3.38. The van der Waals surface area contributed by atoms with Gasteiger partial charge in [0.05, 0.1) is 38.1 Å². The first kappa shape index (κ1) is 15.9. The molecule has 0 aromatic heterocycles. The van der Waals surface area contributed by atoms with E-state index in [4.69, 9.17) is 18.9 Å². The lowest BCUT2D eigenvalue weighted by Gasteiger charge is -2.37. The maximum atomic E-state index is 12.8. The second-order valence-electron chi connectivity index (χ2n) is 5.92. The lowest BCUT2D eigenvalue weighted by Crippen LogP contribution is -2.41. The van der Waals surface area contributed by atoms with E-state index in [2.05, 4.69) is 0 Å². The normalized spacial score (nSPS) is 26.8. The molecular formula is C18H22O5. The van der Waals surface area contributed by atoms with Gasteiger partial charge in [-0.15, -0.1) is 0 Å². The van der Waals surface area contributed by atoms with Gasteiger partial charge in [0.15, 0.2) is 17.3 Å². The molecular weight excluding hydrogens is 296 g/mol. The van der Waals surface area contributed by atoms with Gasteiger partial charge in [0.1, 0.15) is 6.10 Å². The Morgan fingerprint density at radius 1 is 1.09 bits per heavy atom. The van der Waals surface area contributed by atoms with Crippen molar-refractivity contribution >= 4 is 11.4 Å². The summed E-state index contributed by atoms with van der Waals surface area (Å²) in [5.74, 6) is 1.29. The molecule has 2 aliphatic rings. The summed E-state index contributed by atoms with van der Waals surface area (Å²) >= 11 is 0. The molecule has 23 heavy (non-hydrogen) atoms. The number of carbonyl (C=O) groups excluding carboxylic acids is 1. The van der Waals surface area contributed by atoms with E-state index in [1.807, 2.05) is 12.1 Å². The van der Waals surface area contributed by atoms with Crippen molar-refractivity contribution in [1.29, 1.82) is 0 Å². The molecule has 5 nitrogen and oxygen atoms in total. The topological polar surface area (TPSA) is 54.0 Å². The molecule has 1 aliphatic heterocycles. The van der Waals surface area contributed by atoms with E-state index in [1.165, 1.54) is 0 Å². The highest BCUT2D eigenvalue weighted by Crippen LogP contribution is 2.38. The van der Waals surface area contributed by atoms with Crippen LogP contribution in [0, 0.1) is 5.92 Å². The zero-order valence-electron chi connectivity index (χ0n) is 13.7. The van der Waals surface area contributed by atoms with E-state index in [0.29, 0.717) is 17.1 Å². The molecule has 0 amide bonds. The summed E-state index contributed by atoms with van der Waals surface area (Å²) in [5.41, 5.74) is 1.39. The summed E-state index contributed by atoms with van der Waals surface area (Å²) in [5, 5.41) is 0. The van der Waals surface area contributed by atoms with Gasteiger partial charge in [0.25, 0.3) is 0 Å². The lowest BCUT2D eigenvalue weighted by atomic mass is 9.78. The van der Waals surface area contributed by atoms with Crippen LogP contribution in [-0.2, 0) is 14.3 Å². The van der Waals surface area contributed by atoms with Crippen LogP contribution < -0.4 is 9.47 Å². The van der Waals surface area contributed by atoms with Crippen molar-refractivity contribution in [3.63, 3.8) is 0 Å². The van der Waals surface area contributed by atoms with Gasteiger partial charge >= 0.3 is 0 Å². The number of rotatable bonds is 4. The van der Waals surface area contributed by atoms with E-state index < -0.39 is 0 Å². The number of methoxy groups -OCH3 is 3. The van der Waals surface area contributed by atoms with E-state index in [0.717, 1.165) is 24.8 Å². The van der Waals surface area contributed by atoms with Gasteiger partial charge in [0, 0.05) is 13.5 Å². The third kappa shape index (κ3) is 2.93. The summed E-state index contributed by atoms with van der Waals surface area (Å²) in [7, 11) is 4.88. The first-order valence-corrected chi connectivity index (χ1v) is 7.83. The zero-order chi connectivity index (χ0) is 16.4. The van der Waals surface area contributed by atoms with Crippen LogP contribution in [0.5, 0.6) is 11.5 Å². The standard InChI is InChI=1S/C18H22O5/c1-20-12-5-6-13-16(9-12)23-10-14(18(13)19)11-4-7-15(21-2)17(8-11)22-3/h4,7-8,10,12-13,16H,5-6,9H2,1-3H3. The van der Waals surface area contributed by atoms with Crippen molar-refractivity contribution in [3.8, 4) is 11.5 Å². The minimum Gasteiger partial charge on any atom is -0.496 e. The minimum atomic E-state index is -0.0884. The predicted molar refractivity (Wildman–Crippen MR) is 85.5 cm³/mol. The van der Waals surface area contributed by atoms with Crippen LogP contribution in [0.25, 0.3) is 5.57 Å². The van der Waals surface area contributed by atoms with Gasteiger partial charge in [-0.2, -0.15) is 0 Å². The highest BCUT2D eigenvalue weighted by atomic mass is 16.5. The predicted octanol–water partition coefficient (Wildman–Crippen LogP) is 2.83. The van der Waals surface area contributed by atoms with Gasteiger partial charge in [0.2, 0.25) is 0 Å². The van der Waals surface area contributed by atoms with Crippen LogP contribution in [-0.4, -0.2) is 39.3 Å². The summed E-state index contributed by atoms with van der Waals surface area (Å²) in [4.78, 5) is 12.8. The molecule has 1 aliphatic carbocycles.